The lowest BCUT2D eigenvalue weighted by Gasteiger charge is -2.18. The van der Waals surface area contributed by atoms with E-state index >= 15 is 0 Å². The second-order valence-corrected chi connectivity index (χ2v) is 9.94. The van der Waals surface area contributed by atoms with Gasteiger partial charge < -0.3 is 20.1 Å². The fourth-order valence-corrected chi connectivity index (χ4v) is 5.39. The number of carbonyl (C=O) groups is 1. The van der Waals surface area contributed by atoms with Crippen molar-refractivity contribution >= 4 is 45.3 Å². The van der Waals surface area contributed by atoms with Crippen LogP contribution in [0.15, 0.2) is 72.8 Å². The first-order valence-electron chi connectivity index (χ1n) is 12.6. The first-order chi connectivity index (χ1) is 18.0. The summed E-state index contributed by atoms with van der Waals surface area (Å²) in [5, 5.41) is 9.69. The number of nitrogens with one attached hydrogen (secondary N) is 2. The molecule has 0 saturated carbocycles. The van der Waals surface area contributed by atoms with E-state index in [1.54, 1.807) is 32.4 Å². The first kappa shape index (κ1) is 25.0. The Bertz CT molecular complexity index is 1420. The third-order valence-corrected chi connectivity index (χ3v) is 7.38. The van der Waals surface area contributed by atoms with Gasteiger partial charge in [-0.25, -0.2) is 0 Å². The van der Waals surface area contributed by atoms with Crippen LogP contribution in [-0.2, 0) is 17.6 Å². The van der Waals surface area contributed by atoms with Gasteiger partial charge in [-0.2, -0.15) is 0 Å². The summed E-state index contributed by atoms with van der Waals surface area (Å²) in [5.41, 5.74) is 5.49. The molecule has 190 valence electrons. The maximum absolute atomic E-state index is 13.0. The van der Waals surface area contributed by atoms with Crippen LogP contribution in [0.1, 0.15) is 30.4 Å². The Kier molecular flexibility index (Phi) is 7.52. The Morgan fingerprint density at radius 2 is 1.73 bits per heavy atom. The molecule has 1 aliphatic rings. The van der Waals surface area contributed by atoms with Gasteiger partial charge in [0.1, 0.15) is 11.5 Å². The summed E-state index contributed by atoms with van der Waals surface area (Å²) in [7, 11) is 3.26. The molecule has 0 saturated heterocycles. The van der Waals surface area contributed by atoms with Crippen LogP contribution in [0.4, 0.5) is 17.1 Å². The van der Waals surface area contributed by atoms with E-state index in [2.05, 4.69) is 41.0 Å². The third-order valence-electron chi connectivity index (χ3n) is 7.14. The lowest BCUT2D eigenvalue weighted by Crippen LogP contribution is -2.17. The number of ether oxygens (including phenoxy) is 2. The molecule has 1 aliphatic carbocycles. The zero-order valence-electron chi connectivity index (χ0n) is 21.1. The Morgan fingerprint density at radius 1 is 0.946 bits per heavy atom. The summed E-state index contributed by atoms with van der Waals surface area (Å²) in [6.07, 6.45) is 4.23. The van der Waals surface area contributed by atoms with Crippen molar-refractivity contribution in [1.82, 2.24) is 0 Å². The maximum atomic E-state index is 13.0. The smallest absolute Gasteiger partial charge is 0.224 e. The van der Waals surface area contributed by atoms with E-state index in [-0.39, 0.29) is 11.8 Å². The van der Waals surface area contributed by atoms with Crippen LogP contribution in [0, 0.1) is 5.92 Å². The zero-order chi connectivity index (χ0) is 25.8. The minimum atomic E-state index is -0.0155. The van der Waals surface area contributed by atoms with Crippen LogP contribution >= 0.6 is 11.6 Å². The van der Waals surface area contributed by atoms with Crippen molar-refractivity contribution in [3.8, 4) is 11.5 Å². The molecule has 1 atom stereocenters. The van der Waals surface area contributed by atoms with E-state index in [0.29, 0.717) is 22.9 Å². The van der Waals surface area contributed by atoms with E-state index < -0.39 is 0 Å². The molecule has 4 aromatic carbocycles. The average molecular weight is 515 g/mol. The van der Waals surface area contributed by atoms with Crippen LogP contribution in [0.3, 0.4) is 0 Å². The summed E-state index contributed by atoms with van der Waals surface area (Å²) in [6, 6.07) is 24.1. The van der Waals surface area contributed by atoms with E-state index in [4.69, 9.17) is 21.1 Å². The van der Waals surface area contributed by atoms with Crippen LogP contribution in [0.2, 0.25) is 5.02 Å². The predicted octanol–water partition coefficient (Wildman–Crippen LogP) is 7.78. The van der Waals surface area contributed by atoms with Gasteiger partial charge in [0.15, 0.2) is 0 Å². The summed E-state index contributed by atoms with van der Waals surface area (Å²) < 4.78 is 10.7. The first-order valence-corrected chi connectivity index (χ1v) is 13.0. The number of anilines is 3. The van der Waals surface area contributed by atoms with E-state index in [1.165, 1.54) is 21.9 Å². The quantitative estimate of drug-likeness (QED) is 0.247. The number of aryl methyl sites for hydroxylation is 1. The lowest BCUT2D eigenvalue weighted by atomic mass is 9.94. The molecule has 2 N–H and O–H groups in total. The summed E-state index contributed by atoms with van der Waals surface area (Å²) in [6.45, 7) is 0. The second kappa shape index (κ2) is 11.1. The number of rotatable bonds is 7. The molecule has 1 unspecified atom stereocenters. The number of hydrogen-bond donors (Lipinski definition) is 2. The lowest BCUT2D eigenvalue weighted by molar-refractivity contribution is -0.117. The Hall–Kier alpha value is -3.70. The predicted molar refractivity (Wildman–Crippen MR) is 152 cm³/mol. The van der Waals surface area contributed by atoms with E-state index in [9.17, 15) is 4.79 Å². The van der Waals surface area contributed by atoms with Crippen molar-refractivity contribution in [1.29, 1.82) is 0 Å². The van der Waals surface area contributed by atoms with Crippen LogP contribution < -0.4 is 20.1 Å². The Balaban J connectivity index is 1.36. The molecule has 0 fully saturated rings. The second-order valence-electron chi connectivity index (χ2n) is 9.50. The molecular formula is C31H31ClN2O3. The molecule has 1 amide bonds. The highest BCUT2D eigenvalue weighted by Crippen LogP contribution is 2.38. The van der Waals surface area contributed by atoms with Crippen molar-refractivity contribution in [2.24, 2.45) is 5.92 Å². The molecular weight excluding hydrogens is 484 g/mol. The molecule has 0 aliphatic heterocycles. The minimum absolute atomic E-state index is 0.0155. The molecule has 5 nitrogen and oxygen atoms in total. The highest BCUT2D eigenvalue weighted by molar-refractivity contribution is 6.31. The molecule has 0 spiro atoms. The molecule has 0 bridgehead atoms. The normalized spacial score (nSPS) is 14.9. The number of carbonyl (C=O) groups excluding carboxylic acids is 1. The number of hydrogen-bond acceptors (Lipinski definition) is 4. The molecule has 0 heterocycles. The largest absolute Gasteiger partial charge is 0.497 e. The Morgan fingerprint density at radius 3 is 2.51 bits per heavy atom. The molecule has 37 heavy (non-hydrogen) atoms. The highest BCUT2D eigenvalue weighted by atomic mass is 35.5. The number of benzene rings is 4. The summed E-state index contributed by atoms with van der Waals surface area (Å²) in [5.74, 6) is 1.71. The fraction of sp³-hybridized carbons (Fsp3) is 0.258. The number of fused-ring (bicyclic) bond motifs is 2. The van der Waals surface area contributed by atoms with E-state index in [1.807, 2.05) is 24.3 Å². The van der Waals surface area contributed by atoms with Gasteiger partial charge in [-0.3, -0.25) is 4.79 Å². The molecule has 0 radical (unpaired) electrons. The third kappa shape index (κ3) is 5.67. The monoisotopic (exact) mass is 514 g/mol. The van der Waals surface area contributed by atoms with Gasteiger partial charge in [-0.15, -0.1) is 0 Å². The number of amides is 1. The van der Waals surface area contributed by atoms with Crippen LogP contribution in [-0.4, -0.2) is 20.1 Å². The van der Waals surface area contributed by atoms with Gasteiger partial charge in [-0.1, -0.05) is 41.9 Å². The minimum Gasteiger partial charge on any atom is -0.497 e. The standard InChI is InChI=1S/C31H31ClN2O3/c1-36-25-13-11-24(12-14-25)33-31-26-6-4-3-5-21(26)18-22-9-7-20(8-15-27(22)31)17-30(35)34-28-19-23(32)10-16-29(28)37-2/h3-6,10-14,16,18-20,33H,7-9,15,17H2,1-2H3,(H,34,35). The van der Waals surface area contributed by atoms with Gasteiger partial charge in [0, 0.05) is 28.2 Å². The molecule has 5 rings (SSSR count). The maximum Gasteiger partial charge on any atom is 0.224 e. The van der Waals surface area contributed by atoms with E-state index in [0.717, 1.165) is 42.8 Å². The van der Waals surface area contributed by atoms with Crippen LogP contribution in [0.25, 0.3) is 10.8 Å². The van der Waals surface area contributed by atoms with Gasteiger partial charge >= 0.3 is 0 Å². The fourth-order valence-electron chi connectivity index (χ4n) is 5.22. The van der Waals surface area contributed by atoms with Crippen molar-refractivity contribution in [2.75, 3.05) is 24.9 Å². The van der Waals surface area contributed by atoms with Crippen molar-refractivity contribution in [2.45, 2.75) is 32.1 Å². The molecule has 6 heteroatoms. The highest BCUT2D eigenvalue weighted by Gasteiger charge is 2.23. The molecule has 0 aromatic heterocycles. The van der Waals surface area contributed by atoms with Crippen LogP contribution in [0.5, 0.6) is 11.5 Å². The topological polar surface area (TPSA) is 59.6 Å². The summed E-state index contributed by atoms with van der Waals surface area (Å²) in [4.78, 5) is 13.0. The Labute approximate surface area is 222 Å². The average Bonchev–Trinajstić information content (AvgIpc) is 3.11. The van der Waals surface area contributed by atoms with Crippen molar-refractivity contribution in [3.63, 3.8) is 0 Å². The molecule has 4 aromatic rings. The van der Waals surface area contributed by atoms with Crippen molar-refractivity contribution in [3.05, 3.63) is 88.9 Å². The zero-order valence-corrected chi connectivity index (χ0v) is 21.9. The number of methoxy groups -OCH3 is 2. The van der Waals surface area contributed by atoms with Gasteiger partial charge in [0.05, 0.1) is 19.9 Å². The van der Waals surface area contributed by atoms with Gasteiger partial charge in [-0.05, 0) is 90.6 Å². The number of halogens is 1. The summed E-state index contributed by atoms with van der Waals surface area (Å²) >= 11 is 6.14. The SMILES string of the molecule is COc1ccc(Nc2c3c(cc4ccccc24)CCC(CC(=O)Nc2cc(Cl)ccc2OC)CC3)cc1. The van der Waals surface area contributed by atoms with Crippen molar-refractivity contribution < 1.29 is 14.3 Å². The van der Waals surface area contributed by atoms with Gasteiger partial charge in [0.2, 0.25) is 5.91 Å². The van der Waals surface area contributed by atoms with Gasteiger partial charge in [0.25, 0.3) is 0 Å².